The van der Waals surface area contributed by atoms with Crippen molar-refractivity contribution in [3.8, 4) is 17.2 Å². The number of hydrogen-bond acceptors (Lipinski definition) is 7. The summed E-state index contributed by atoms with van der Waals surface area (Å²) < 4.78 is 43.5. The van der Waals surface area contributed by atoms with Crippen molar-refractivity contribution in [1.82, 2.24) is 9.62 Å². The Morgan fingerprint density at radius 2 is 1.79 bits per heavy atom. The molecule has 0 aromatic heterocycles. The van der Waals surface area contributed by atoms with Gasteiger partial charge in [0.2, 0.25) is 10.0 Å². The summed E-state index contributed by atoms with van der Waals surface area (Å²) in [6, 6.07) is 9.00. The van der Waals surface area contributed by atoms with Gasteiger partial charge in [0.15, 0.2) is 18.1 Å². The minimum Gasteiger partial charge on any atom is -0.486 e. The highest BCUT2D eigenvalue weighted by molar-refractivity contribution is 7.89. The molecule has 1 atom stereocenters. The van der Waals surface area contributed by atoms with Crippen molar-refractivity contribution in [2.45, 2.75) is 30.7 Å². The fourth-order valence-corrected chi connectivity index (χ4v) is 5.45. The third-order valence-electron chi connectivity index (χ3n) is 5.72. The zero-order valence-electron chi connectivity index (χ0n) is 18.8. The molecule has 0 radical (unpaired) electrons. The Morgan fingerprint density at radius 1 is 1.09 bits per heavy atom. The summed E-state index contributed by atoms with van der Waals surface area (Å²) in [6.45, 7) is 3.27. The molecule has 0 saturated carbocycles. The third kappa shape index (κ3) is 5.10. The fraction of sp³-hybridized carbons (Fsp3) is 0.391. The van der Waals surface area contributed by atoms with Crippen LogP contribution in [0.5, 0.6) is 17.2 Å². The third-order valence-corrected chi connectivity index (χ3v) is 7.62. The minimum atomic E-state index is -3.72. The second-order valence-corrected chi connectivity index (χ2v) is 10.1. The number of carbonyl (C=O) groups excluding carboxylic acids is 2. The van der Waals surface area contributed by atoms with E-state index in [4.69, 9.17) is 19.9 Å². The Labute approximate surface area is 198 Å². The van der Waals surface area contributed by atoms with E-state index in [-0.39, 0.29) is 28.9 Å². The topological polar surface area (TPSA) is 137 Å². The quantitative estimate of drug-likeness (QED) is 0.574. The molecular weight excluding hydrogens is 462 g/mol. The van der Waals surface area contributed by atoms with Crippen molar-refractivity contribution in [3.05, 3.63) is 47.5 Å². The monoisotopic (exact) mass is 489 g/mol. The van der Waals surface area contributed by atoms with Gasteiger partial charge in [0.25, 0.3) is 11.8 Å². The van der Waals surface area contributed by atoms with Gasteiger partial charge < -0.3 is 25.3 Å². The predicted octanol–water partition coefficient (Wildman–Crippen LogP) is 1.60. The average Bonchev–Trinajstić information content (AvgIpc) is 3.38. The molecule has 182 valence electrons. The first-order chi connectivity index (χ1) is 16.3. The number of nitrogens with zero attached hydrogens (tertiary/aromatic N) is 1. The lowest BCUT2D eigenvalue weighted by molar-refractivity contribution is -0.123. The van der Waals surface area contributed by atoms with E-state index < -0.39 is 21.8 Å². The number of sulfonamides is 1. The maximum Gasteiger partial charge on any atom is 0.258 e. The van der Waals surface area contributed by atoms with Crippen molar-refractivity contribution in [2.75, 3.05) is 32.9 Å². The van der Waals surface area contributed by atoms with Crippen LogP contribution in [0.3, 0.4) is 0 Å². The number of carbonyl (C=O) groups is 2. The molecule has 11 heteroatoms. The first kappa shape index (κ1) is 23.8. The highest BCUT2D eigenvalue weighted by atomic mass is 32.2. The van der Waals surface area contributed by atoms with E-state index in [2.05, 4.69) is 5.32 Å². The number of nitrogens with one attached hydrogen (secondary N) is 1. The fourth-order valence-electron chi connectivity index (χ4n) is 3.90. The van der Waals surface area contributed by atoms with Crippen LogP contribution >= 0.6 is 0 Å². The first-order valence-corrected chi connectivity index (χ1v) is 12.5. The lowest BCUT2D eigenvalue weighted by Crippen LogP contribution is -2.32. The maximum absolute atomic E-state index is 12.8. The van der Waals surface area contributed by atoms with Crippen LogP contribution in [0.1, 0.15) is 41.7 Å². The minimum absolute atomic E-state index is 0.0350. The highest BCUT2D eigenvalue weighted by Gasteiger charge is 2.28. The number of nitrogens with two attached hydrogens (primary N) is 1. The summed E-state index contributed by atoms with van der Waals surface area (Å²) in [5.74, 6) is 0.0438. The normalized spacial score (nSPS) is 16.6. The van der Waals surface area contributed by atoms with Crippen LogP contribution in [0.25, 0.3) is 0 Å². The van der Waals surface area contributed by atoms with Crippen molar-refractivity contribution >= 4 is 21.8 Å². The van der Waals surface area contributed by atoms with Crippen LogP contribution in [0.2, 0.25) is 0 Å². The largest absolute Gasteiger partial charge is 0.486 e. The van der Waals surface area contributed by atoms with E-state index in [1.165, 1.54) is 22.5 Å². The van der Waals surface area contributed by atoms with Gasteiger partial charge in [0.1, 0.15) is 19.0 Å². The summed E-state index contributed by atoms with van der Waals surface area (Å²) in [4.78, 5) is 24.4. The molecular formula is C23H27N3O7S. The number of benzene rings is 2. The standard InChI is InChI=1S/C23H27N3O7S/c1-15(16-4-6-20-21(12-16)32-11-10-31-20)25-22(27)14-33-19-7-5-17(13-18(19)23(24)28)34(29,30)26-8-2-3-9-26/h4-7,12-13,15H,2-3,8-11,14H2,1H3,(H2,24,28)(H,25,27)/t15-/m1/s1. The Hall–Kier alpha value is -3.31. The Bertz CT molecular complexity index is 1190. The molecule has 3 N–H and O–H groups in total. The van der Waals surface area contributed by atoms with Crippen molar-refractivity contribution in [3.63, 3.8) is 0 Å². The van der Waals surface area contributed by atoms with Crippen molar-refractivity contribution in [1.29, 1.82) is 0 Å². The molecule has 4 rings (SSSR count). The van der Waals surface area contributed by atoms with E-state index in [0.717, 1.165) is 18.4 Å². The average molecular weight is 490 g/mol. The van der Waals surface area contributed by atoms with Crippen LogP contribution < -0.4 is 25.3 Å². The number of ether oxygens (including phenoxy) is 3. The van der Waals surface area contributed by atoms with Gasteiger partial charge in [0.05, 0.1) is 16.5 Å². The summed E-state index contributed by atoms with van der Waals surface area (Å²) in [5.41, 5.74) is 6.17. The summed E-state index contributed by atoms with van der Waals surface area (Å²) >= 11 is 0. The predicted molar refractivity (Wildman–Crippen MR) is 122 cm³/mol. The molecule has 0 unspecified atom stereocenters. The Kier molecular flexibility index (Phi) is 6.94. The molecule has 0 bridgehead atoms. The molecule has 2 aliphatic rings. The maximum atomic E-state index is 12.8. The van der Waals surface area contributed by atoms with Gasteiger partial charge in [-0.2, -0.15) is 4.31 Å². The lowest BCUT2D eigenvalue weighted by Gasteiger charge is -2.21. The zero-order valence-corrected chi connectivity index (χ0v) is 19.6. The van der Waals surface area contributed by atoms with Crippen LogP contribution in [0.4, 0.5) is 0 Å². The van der Waals surface area contributed by atoms with Crippen LogP contribution in [0.15, 0.2) is 41.3 Å². The van der Waals surface area contributed by atoms with Gasteiger partial charge >= 0.3 is 0 Å². The molecule has 2 aromatic rings. The summed E-state index contributed by atoms with van der Waals surface area (Å²) in [6.07, 6.45) is 1.59. The molecule has 2 amide bonds. The van der Waals surface area contributed by atoms with Crippen LogP contribution in [0, 0.1) is 0 Å². The van der Waals surface area contributed by atoms with E-state index >= 15 is 0 Å². The number of rotatable bonds is 8. The van der Waals surface area contributed by atoms with Gasteiger partial charge in [-0.1, -0.05) is 6.07 Å². The van der Waals surface area contributed by atoms with Gasteiger partial charge in [-0.05, 0) is 55.7 Å². The Morgan fingerprint density at radius 3 is 2.50 bits per heavy atom. The van der Waals surface area contributed by atoms with Crippen LogP contribution in [-0.4, -0.2) is 57.4 Å². The second-order valence-electron chi connectivity index (χ2n) is 8.11. The van der Waals surface area contributed by atoms with Crippen molar-refractivity contribution < 1.29 is 32.2 Å². The number of amides is 2. The number of fused-ring (bicyclic) bond motifs is 1. The van der Waals surface area contributed by atoms with Gasteiger partial charge in [-0.25, -0.2) is 8.42 Å². The van der Waals surface area contributed by atoms with E-state index in [1.54, 1.807) is 6.07 Å². The molecule has 34 heavy (non-hydrogen) atoms. The van der Waals surface area contributed by atoms with Gasteiger partial charge in [-0.15, -0.1) is 0 Å². The second kappa shape index (κ2) is 9.90. The smallest absolute Gasteiger partial charge is 0.258 e. The van der Waals surface area contributed by atoms with E-state index in [9.17, 15) is 18.0 Å². The lowest BCUT2D eigenvalue weighted by atomic mass is 10.1. The van der Waals surface area contributed by atoms with E-state index in [1.807, 2.05) is 19.1 Å². The molecule has 0 spiro atoms. The number of hydrogen-bond donors (Lipinski definition) is 2. The summed E-state index contributed by atoms with van der Waals surface area (Å²) in [7, 11) is -3.72. The Balaban J connectivity index is 1.41. The molecule has 1 fully saturated rings. The molecule has 2 aliphatic heterocycles. The molecule has 10 nitrogen and oxygen atoms in total. The van der Waals surface area contributed by atoms with Crippen LogP contribution in [-0.2, 0) is 14.8 Å². The molecule has 1 saturated heterocycles. The number of primary amides is 1. The van der Waals surface area contributed by atoms with E-state index in [0.29, 0.717) is 37.8 Å². The molecule has 2 aromatic carbocycles. The molecule has 2 heterocycles. The zero-order chi connectivity index (χ0) is 24.3. The highest BCUT2D eigenvalue weighted by Crippen LogP contribution is 2.32. The first-order valence-electron chi connectivity index (χ1n) is 11.0. The van der Waals surface area contributed by atoms with Gasteiger partial charge in [0, 0.05) is 13.1 Å². The van der Waals surface area contributed by atoms with Crippen molar-refractivity contribution in [2.24, 2.45) is 5.73 Å². The summed E-state index contributed by atoms with van der Waals surface area (Å²) in [5, 5.41) is 2.82. The SMILES string of the molecule is C[C@@H](NC(=O)COc1ccc(S(=O)(=O)N2CCCC2)cc1C(N)=O)c1ccc2c(c1)OCCO2. The molecule has 0 aliphatic carbocycles. The van der Waals surface area contributed by atoms with Gasteiger partial charge in [-0.3, -0.25) is 9.59 Å².